The topological polar surface area (TPSA) is 83.5 Å². The van der Waals surface area contributed by atoms with Gasteiger partial charge in [0.15, 0.2) is 0 Å². The molecule has 1 atom stereocenters. The number of hydrogen-bond donors (Lipinski definition) is 2. The molecule has 1 heterocycles. The second-order valence-corrected chi connectivity index (χ2v) is 9.42. The molecule has 0 radical (unpaired) electrons. The third kappa shape index (κ3) is 3.92. The highest BCUT2D eigenvalue weighted by molar-refractivity contribution is 9.12. The lowest BCUT2D eigenvalue weighted by molar-refractivity contribution is -0.139. The Morgan fingerprint density at radius 1 is 1.24 bits per heavy atom. The molecule has 0 aliphatic carbocycles. The van der Waals surface area contributed by atoms with E-state index in [9.17, 15) is 18.3 Å². The van der Waals surface area contributed by atoms with Gasteiger partial charge < -0.3 is 5.11 Å². The molecule has 2 N–H and O–H groups in total. The molecule has 0 bridgehead atoms. The normalized spacial score (nSPS) is 13.0. The molecule has 112 valence electrons. The van der Waals surface area contributed by atoms with Crippen LogP contribution in [0.25, 0.3) is 0 Å². The zero-order valence-corrected chi connectivity index (χ0v) is 15.1. The van der Waals surface area contributed by atoms with Crippen molar-refractivity contribution in [3.63, 3.8) is 0 Å². The molecule has 0 aliphatic heterocycles. The van der Waals surface area contributed by atoms with Crippen LogP contribution in [-0.2, 0) is 14.8 Å². The van der Waals surface area contributed by atoms with E-state index in [1.165, 1.54) is 17.4 Å². The minimum atomic E-state index is -3.96. The minimum absolute atomic E-state index is 0.00144. The highest BCUT2D eigenvalue weighted by Crippen LogP contribution is 2.35. The van der Waals surface area contributed by atoms with Crippen molar-refractivity contribution in [2.75, 3.05) is 0 Å². The molecule has 2 aromatic rings. The number of rotatable bonds is 5. The van der Waals surface area contributed by atoms with Crippen LogP contribution in [0.1, 0.15) is 11.6 Å². The van der Waals surface area contributed by atoms with Crippen molar-refractivity contribution >= 4 is 59.2 Å². The van der Waals surface area contributed by atoms with Crippen molar-refractivity contribution in [3.05, 3.63) is 49.5 Å². The fourth-order valence-corrected chi connectivity index (χ4v) is 6.62. The summed E-state index contributed by atoms with van der Waals surface area (Å²) in [6, 6.07) is 8.21. The number of nitrogens with one attached hydrogen (secondary N) is 1. The molecule has 0 saturated heterocycles. The van der Waals surface area contributed by atoms with Gasteiger partial charge in [0.2, 0.25) is 10.0 Å². The zero-order chi connectivity index (χ0) is 15.6. The Morgan fingerprint density at radius 2 is 1.86 bits per heavy atom. The Balaban J connectivity index is 2.37. The van der Waals surface area contributed by atoms with E-state index in [-0.39, 0.29) is 4.90 Å². The van der Waals surface area contributed by atoms with Gasteiger partial charge >= 0.3 is 5.97 Å². The third-order valence-corrected chi connectivity index (χ3v) is 6.75. The van der Waals surface area contributed by atoms with Crippen molar-refractivity contribution < 1.29 is 18.3 Å². The van der Waals surface area contributed by atoms with Crippen molar-refractivity contribution in [3.8, 4) is 0 Å². The quantitative estimate of drug-likeness (QED) is 0.725. The Hall–Kier alpha value is -0.740. The first-order chi connectivity index (χ1) is 9.81. The van der Waals surface area contributed by atoms with Crippen LogP contribution < -0.4 is 4.72 Å². The van der Waals surface area contributed by atoms with Crippen LogP contribution in [0.5, 0.6) is 0 Å². The van der Waals surface area contributed by atoms with E-state index >= 15 is 0 Å². The molecule has 1 aromatic heterocycles. The van der Waals surface area contributed by atoms with E-state index < -0.39 is 22.0 Å². The maximum absolute atomic E-state index is 12.3. The highest BCUT2D eigenvalue weighted by Gasteiger charge is 2.29. The lowest BCUT2D eigenvalue weighted by Crippen LogP contribution is -2.33. The summed E-state index contributed by atoms with van der Waals surface area (Å²) in [4.78, 5) is 11.4. The SMILES string of the molecule is O=C(O)C(NS(=O)(=O)c1cc(Br)sc1Br)c1ccccc1. The molecule has 0 amide bonds. The second-order valence-electron chi connectivity index (χ2n) is 3.99. The largest absolute Gasteiger partial charge is 0.480 e. The molecule has 2 rings (SSSR count). The summed E-state index contributed by atoms with van der Waals surface area (Å²) in [6.07, 6.45) is 0. The van der Waals surface area contributed by atoms with Gasteiger partial charge in [0.25, 0.3) is 0 Å². The van der Waals surface area contributed by atoms with E-state index in [4.69, 9.17) is 0 Å². The predicted octanol–water partition coefficient (Wildman–Crippen LogP) is 3.38. The van der Waals surface area contributed by atoms with Crippen LogP contribution >= 0.6 is 43.2 Å². The van der Waals surface area contributed by atoms with Gasteiger partial charge in [-0.2, -0.15) is 4.72 Å². The van der Waals surface area contributed by atoms with Gasteiger partial charge in [0.1, 0.15) is 10.9 Å². The van der Waals surface area contributed by atoms with E-state index in [1.807, 2.05) is 0 Å². The van der Waals surface area contributed by atoms with Gasteiger partial charge in [0.05, 0.1) is 7.57 Å². The number of carbonyl (C=O) groups is 1. The summed E-state index contributed by atoms with van der Waals surface area (Å²) in [5, 5.41) is 9.27. The van der Waals surface area contributed by atoms with E-state index in [0.29, 0.717) is 13.1 Å². The number of thiophene rings is 1. The Labute approximate surface area is 142 Å². The summed E-state index contributed by atoms with van der Waals surface area (Å²) in [5.41, 5.74) is 0.360. The molecule has 1 unspecified atom stereocenters. The van der Waals surface area contributed by atoms with E-state index in [1.54, 1.807) is 30.3 Å². The predicted molar refractivity (Wildman–Crippen MR) is 86.9 cm³/mol. The summed E-state index contributed by atoms with van der Waals surface area (Å²) < 4.78 is 27.9. The highest BCUT2D eigenvalue weighted by atomic mass is 79.9. The molecule has 1 aromatic carbocycles. The van der Waals surface area contributed by atoms with Gasteiger partial charge in [-0.25, -0.2) is 8.42 Å². The maximum Gasteiger partial charge on any atom is 0.326 e. The number of carboxylic acid groups (broad SMARTS) is 1. The van der Waals surface area contributed by atoms with Crippen LogP contribution in [0.15, 0.2) is 48.9 Å². The van der Waals surface area contributed by atoms with Gasteiger partial charge in [-0.05, 0) is 43.5 Å². The number of benzene rings is 1. The fraction of sp³-hybridized carbons (Fsp3) is 0.0833. The summed E-state index contributed by atoms with van der Waals surface area (Å²) in [5.74, 6) is -1.27. The van der Waals surface area contributed by atoms with Gasteiger partial charge in [0, 0.05) is 0 Å². The fourth-order valence-electron chi connectivity index (χ4n) is 1.63. The zero-order valence-electron chi connectivity index (χ0n) is 10.3. The number of hydrogen-bond acceptors (Lipinski definition) is 4. The number of halogens is 2. The van der Waals surface area contributed by atoms with Crippen molar-refractivity contribution in [1.29, 1.82) is 0 Å². The Kier molecular flexibility index (Phi) is 5.20. The molecule has 0 saturated carbocycles. The molecule has 0 aliphatic rings. The minimum Gasteiger partial charge on any atom is -0.480 e. The van der Waals surface area contributed by atoms with E-state index in [0.717, 1.165) is 0 Å². The first kappa shape index (κ1) is 16.6. The molecule has 21 heavy (non-hydrogen) atoms. The van der Waals surface area contributed by atoms with Crippen LogP contribution in [0.2, 0.25) is 0 Å². The van der Waals surface area contributed by atoms with E-state index in [2.05, 4.69) is 36.6 Å². The monoisotopic (exact) mass is 453 g/mol. The average Bonchev–Trinajstić information content (AvgIpc) is 2.77. The van der Waals surface area contributed by atoms with Crippen LogP contribution in [0.4, 0.5) is 0 Å². The van der Waals surface area contributed by atoms with Crippen LogP contribution in [-0.4, -0.2) is 19.5 Å². The molecular weight excluding hydrogens is 446 g/mol. The molecular formula is C12H9Br2NO4S2. The Bertz CT molecular complexity index is 759. The maximum atomic E-state index is 12.3. The van der Waals surface area contributed by atoms with Gasteiger partial charge in [-0.3, -0.25) is 4.79 Å². The standard InChI is InChI=1S/C12H9Br2NO4S2/c13-9-6-8(11(14)20-9)21(18,19)15-10(12(16)17)7-4-2-1-3-5-7/h1-6,10,15H,(H,16,17). The van der Waals surface area contributed by atoms with Crippen molar-refractivity contribution in [2.45, 2.75) is 10.9 Å². The summed E-state index contributed by atoms with van der Waals surface area (Å²) in [6.45, 7) is 0. The van der Waals surface area contributed by atoms with Crippen molar-refractivity contribution in [1.82, 2.24) is 4.72 Å². The second kappa shape index (κ2) is 6.57. The number of sulfonamides is 1. The molecule has 0 spiro atoms. The summed E-state index contributed by atoms with van der Waals surface area (Å²) in [7, 11) is -3.96. The van der Waals surface area contributed by atoms with Crippen LogP contribution in [0.3, 0.4) is 0 Å². The van der Waals surface area contributed by atoms with Gasteiger partial charge in [-0.1, -0.05) is 30.3 Å². The molecule has 5 nitrogen and oxygen atoms in total. The van der Waals surface area contributed by atoms with Gasteiger partial charge in [-0.15, -0.1) is 11.3 Å². The Morgan fingerprint density at radius 3 is 2.33 bits per heavy atom. The smallest absolute Gasteiger partial charge is 0.326 e. The number of carboxylic acids is 1. The first-order valence-corrected chi connectivity index (χ1v) is 9.45. The lowest BCUT2D eigenvalue weighted by atomic mass is 10.1. The molecule has 9 heteroatoms. The first-order valence-electron chi connectivity index (χ1n) is 5.56. The lowest BCUT2D eigenvalue weighted by Gasteiger charge is -2.14. The number of aliphatic carboxylic acids is 1. The average molecular weight is 455 g/mol. The van der Waals surface area contributed by atoms with Crippen LogP contribution in [0, 0.1) is 0 Å². The van der Waals surface area contributed by atoms with Crippen molar-refractivity contribution in [2.24, 2.45) is 0 Å². The summed E-state index contributed by atoms with van der Waals surface area (Å²) >= 11 is 7.55. The molecule has 0 fully saturated rings. The third-order valence-electron chi connectivity index (χ3n) is 2.57.